The van der Waals surface area contributed by atoms with E-state index in [0.29, 0.717) is 5.56 Å². The molecule has 0 atom stereocenters. The zero-order valence-electron chi connectivity index (χ0n) is 6.20. The van der Waals surface area contributed by atoms with Gasteiger partial charge in [-0.3, -0.25) is 4.79 Å². The zero-order chi connectivity index (χ0) is 9.30. The summed E-state index contributed by atoms with van der Waals surface area (Å²) in [6.07, 6.45) is 0. The van der Waals surface area contributed by atoms with Crippen molar-refractivity contribution in [2.75, 3.05) is 0 Å². The molecule has 0 spiro atoms. The van der Waals surface area contributed by atoms with E-state index in [4.69, 9.17) is 11.6 Å². The minimum atomic E-state index is -0.410. The summed E-state index contributed by atoms with van der Waals surface area (Å²) in [5, 5.41) is -0.410. The second-order valence-electron chi connectivity index (χ2n) is 2.33. The van der Waals surface area contributed by atoms with Crippen LogP contribution in [0, 0.1) is 10.5 Å². The molecule has 0 aliphatic heterocycles. The molecule has 1 rings (SSSR count). The van der Waals surface area contributed by atoms with E-state index in [-0.39, 0.29) is 0 Å². The molecule has 1 aromatic rings. The van der Waals surface area contributed by atoms with Crippen molar-refractivity contribution in [1.29, 1.82) is 0 Å². The predicted octanol–water partition coefficient (Wildman–Crippen LogP) is 3.74. The number of rotatable bonds is 1. The molecule has 0 aliphatic rings. The summed E-state index contributed by atoms with van der Waals surface area (Å²) < 4.78 is 1.91. The molecule has 12 heavy (non-hydrogen) atoms. The van der Waals surface area contributed by atoms with Gasteiger partial charge in [-0.05, 0) is 58.8 Å². The molecule has 0 radical (unpaired) electrons. The first kappa shape index (κ1) is 10.5. The van der Waals surface area contributed by atoms with Gasteiger partial charge >= 0.3 is 0 Å². The molecule has 0 saturated carbocycles. The zero-order valence-corrected chi connectivity index (χ0v) is 10.7. The molecule has 0 aliphatic carbocycles. The van der Waals surface area contributed by atoms with E-state index in [1.54, 1.807) is 6.07 Å². The lowest BCUT2D eigenvalue weighted by atomic mass is 10.1. The van der Waals surface area contributed by atoms with E-state index in [0.717, 1.165) is 13.6 Å². The van der Waals surface area contributed by atoms with Gasteiger partial charge in [0.05, 0.1) is 0 Å². The Bertz CT molecular complexity index is 338. The Kier molecular flexibility index (Phi) is 3.55. The van der Waals surface area contributed by atoms with Crippen LogP contribution in [0.4, 0.5) is 0 Å². The standard InChI is InChI=1S/C8H5BrClIO/c1-4-6(8(10)12)2-5(9)3-7(4)11/h2-3H,1H3. The first-order valence-electron chi connectivity index (χ1n) is 3.18. The first-order valence-corrected chi connectivity index (χ1v) is 5.43. The van der Waals surface area contributed by atoms with E-state index in [2.05, 4.69) is 38.5 Å². The van der Waals surface area contributed by atoms with E-state index in [9.17, 15) is 4.79 Å². The first-order chi connectivity index (χ1) is 5.52. The minimum Gasteiger partial charge on any atom is -0.276 e. The van der Waals surface area contributed by atoms with Gasteiger partial charge in [-0.2, -0.15) is 0 Å². The average Bonchev–Trinajstić information content (AvgIpc) is 1.96. The molecular weight excluding hydrogens is 354 g/mol. The summed E-state index contributed by atoms with van der Waals surface area (Å²) in [7, 11) is 0. The number of hydrogen-bond acceptors (Lipinski definition) is 1. The molecule has 1 nitrogen and oxygen atoms in total. The Balaban J connectivity index is 3.37. The Morgan fingerprint density at radius 2 is 2.17 bits per heavy atom. The lowest BCUT2D eigenvalue weighted by Gasteiger charge is -2.03. The minimum absolute atomic E-state index is 0.410. The molecule has 1 aromatic carbocycles. The summed E-state index contributed by atoms with van der Waals surface area (Å²) in [4.78, 5) is 10.9. The molecule has 64 valence electrons. The largest absolute Gasteiger partial charge is 0.276 e. The van der Waals surface area contributed by atoms with Crippen molar-refractivity contribution < 1.29 is 4.79 Å². The third-order valence-electron chi connectivity index (χ3n) is 1.52. The molecule has 0 aromatic heterocycles. The summed E-state index contributed by atoms with van der Waals surface area (Å²) in [6.45, 7) is 1.88. The van der Waals surface area contributed by atoms with Crippen LogP contribution in [0.2, 0.25) is 0 Å². The fourth-order valence-electron chi connectivity index (χ4n) is 0.850. The lowest BCUT2D eigenvalue weighted by molar-refractivity contribution is 0.108. The Morgan fingerprint density at radius 3 is 2.67 bits per heavy atom. The molecule has 0 fully saturated rings. The number of carbonyl (C=O) groups is 1. The van der Waals surface area contributed by atoms with Crippen LogP contribution in [0.15, 0.2) is 16.6 Å². The fourth-order valence-corrected chi connectivity index (χ4v) is 2.56. The van der Waals surface area contributed by atoms with Gasteiger partial charge in [-0.25, -0.2) is 0 Å². The van der Waals surface area contributed by atoms with Crippen LogP contribution in [0.3, 0.4) is 0 Å². The molecule has 0 heterocycles. The van der Waals surface area contributed by atoms with Crippen molar-refractivity contribution in [1.82, 2.24) is 0 Å². The number of halogens is 3. The van der Waals surface area contributed by atoms with E-state index in [1.807, 2.05) is 13.0 Å². The second kappa shape index (κ2) is 4.07. The average molecular weight is 359 g/mol. The summed E-state index contributed by atoms with van der Waals surface area (Å²) >= 11 is 10.9. The third kappa shape index (κ3) is 2.20. The number of hydrogen-bond donors (Lipinski definition) is 0. The van der Waals surface area contributed by atoms with E-state index >= 15 is 0 Å². The van der Waals surface area contributed by atoms with E-state index < -0.39 is 5.24 Å². The number of benzene rings is 1. The van der Waals surface area contributed by atoms with Crippen molar-refractivity contribution in [2.45, 2.75) is 6.92 Å². The quantitative estimate of drug-likeness (QED) is 0.551. The predicted molar refractivity (Wildman–Crippen MR) is 61.8 cm³/mol. The summed E-state index contributed by atoms with van der Waals surface area (Å²) in [6, 6.07) is 3.67. The molecule has 0 saturated heterocycles. The van der Waals surface area contributed by atoms with Crippen molar-refractivity contribution in [3.8, 4) is 0 Å². The van der Waals surface area contributed by atoms with Crippen molar-refractivity contribution in [2.24, 2.45) is 0 Å². The van der Waals surface area contributed by atoms with Gasteiger partial charge in [0.25, 0.3) is 5.24 Å². The van der Waals surface area contributed by atoms with Crippen molar-refractivity contribution in [3.63, 3.8) is 0 Å². The van der Waals surface area contributed by atoms with Crippen molar-refractivity contribution in [3.05, 3.63) is 31.3 Å². The normalized spacial score (nSPS) is 10.0. The summed E-state index contributed by atoms with van der Waals surface area (Å²) in [5.74, 6) is 0. The SMILES string of the molecule is Cc1c(I)cc(Br)cc1C(=O)Cl. The van der Waals surface area contributed by atoms with Crippen LogP contribution in [0.5, 0.6) is 0 Å². The summed E-state index contributed by atoms with van der Waals surface area (Å²) in [5.41, 5.74) is 1.49. The van der Waals surface area contributed by atoms with Gasteiger partial charge in [0.1, 0.15) is 0 Å². The van der Waals surface area contributed by atoms with Gasteiger partial charge in [0.2, 0.25) is 0 Å². The monoisotopic (exact) mass is 358 g/mol. The molecule has 0 amide bonds. The number of carbonyl (C=O) groups excluding carboxylic acids is 1. The smallest absolute Gasteiger partial charge is 0.252 e. The van der Waals surface area contributed by atoms with Crippen LogP contribution in [-0.4, -0.2) is 5.24 Å². The Hall–Kier alpha value is 0.390. The molecule has 0 bridgehead atoms. The van der Waals surface area contributed by atoms with Crippen LogP contribution in [0.1, 0.15) is 15.9 Å². The second-order valence-corrected chi connectivity index (χ2v) is 4.76. The van der Waals surface area contributed by atoms with Gasteiger partial charge < -0.3 is 0 Å². The Labute approximate surface area is 97.8 Å². The third-order valence-corrected chi connectivity index (χ3v) is 3.30. The van der Waals surface area contributed by atoms with Gasteiger partial charge in [0.15, 0.2) is 0 Å². The molecule has 0 N–H and O–H groups in total. The van der Waals surface area contributed by atoms with E-state index in [1.165, 1.54) is 0 Å². The van der Waals surface area contributed by atoms with Crippen molar-refractivity contribution >= 4 is 55.4 Å². The van der Waals surface area contributed by atoms with Crippen LogP contribution >= 0.6 is 50.1 Å². The maximum atomic E-state index is 10.9. The van der Waals surface area contributed by atoms with Gasteiger partial charge in [-0.1, -0.05) is 15.9 Å². The highest BCUT2D eigenvalue weighted by Crippen LogP contribution is 2.23. The highest BCUT2D eigenvalue weighted by molar-refractivity contribution is 14.1. The van der Waals surface area contributed by atoms with Crippen LogP contribution in [0.25, 0.3) is 0 Å². The molecular formula is C8H5BrClIO. The lowest BCUT2D eigenvalue weighted by Crippen LogP contribution is -1.95. The highest BCUT2D eigenvalue weighted by atomic mass is 127. The van der Waals surface area contributed by atoms with Crippen LogP contribution < -0.4 is 0 Å². The fraction of sp³-hybridized carbons (Fsp3) is 0.125. The Morgan fingerprint density at radius 1 is 1.58 bits per heavy atom. The molecule has 4 heteroatoms. The molecule has 0 unspecified atom stereocenters. The van der Waals surface area contributed by atoms with Crippen LogP contribution in [-0.2, 0) is 0 Å². The maximum absolute atomic E-state index is 10.9. The topological polar surface area (TPSA) is 17.1 Å². The maximum Gasteiger partial charge on any atom is 0.252 e. The van der Waals surface area contributed by atoms with Gasteiger partial charge in [0, 0.05) is 13.6 Å². The van der Waals surface area contributed by atoms with Gasteiger partial charge in [-0.15, -0.1) is 0 Å². The highest BCUT2D eigenvalue weighted by Gasteiger charge is 2.09.